The van der Waals surface area contributed by atoms with E-state index < -0.39 is 0 Å². The standard InChI is InChI=1S/C18H21NO2/c1-13-3-6-16(7-4-13)20-12-18(2)10-9-14-11-15(19)5-8-17(14)21-18/h3-8,11H,9-10,12,19H2,1-2H3. The number of rotatable bonds is 3. The molecule has 3 nitrogen and oxygen atoms in total. The number of benzene rings is 2. The minimum absolute atomic E-state index is 0.298. The van der Waals surface area contributed by atoms with Gasteiger partial charge in [0.05, 0.1) is 0 Å². The summed E-state index contributed by atoms with van der Waals surface area (Å²) < 4.78 is 12.0. The van der Waals surface area contributed by atoms with Crippen molar-refractivity contribution in [3.63, 3.8) is 0 Å². The van der Waals surface area contributed by atoms with Crippen LogP contribution in [0.3, 0.4) is 0 Å². The van der Waals surface area contributed by atoms with Crippen molar-refractivity contribution in [1.82, 2.24) is 0 Å². The first kappa shape index (κ1) is 13.8. The molecule has 0 aromatic heterocycles. The lowest BCUT2D eigenvalue weighted by atomic mass is 9.93. The maximum absolute atomic E-state index is 6.14. The second kappa shape index (κ2) is 5.32. The van der Waals surface area contributed by atoms with Crippen LogP contribution in [0, 0.1) is 6.92 Å². The van der Waals surface area contributed by atoms with Gasteiger partial charge in [0, 0.05) is 5.69 Å². The number of ether oxygens (including phenoxy) is 2. The summed E-state index contributed by atoms with van der Waals surface area (Å²) in [6.45, 7) is 4.71. The molecule has 1 aliphatic rings. The van der Waals surface area contributed by atoms with E-state index in [1.807, 2.05) is 30.3 Å². The fourth-order valence-electron chi connectivity index (χ4n) is 2.58. The van der Waals surface area contributed by atoms with Gasteiger partial charge in [0.1, 0.15) is 23.7 Å². The van der Waals surface area contributed by atoms with Gasteiger partial charge in [-0.3, -0.25) is 0 Å². The molecule has 0 spiro atoms. The third-order valence-electron chi connectivity index (χ3n) is 3.93. The van der Waals surface area contributed by atoms with Gasteiger partial charge < -0.3 is 15.2 Å². The predicted molar refractivity (Wildman–Crippen MR) is 84.9 cm³/mol. The van der Waals surface area contributed by atoms with Crippen LogP contribution in [0.2, 0.25) is 0 Å². The first-order valence-corrected chi connectivity index (χ1v) is 7.31. The lowest BCUT2D eigenvalue weighted by Crippen LogP contribution is -2.42. The molecule has 2 N–H and O–H groups in total. The maximum Gasteiger partial charge on any atom is 0.140 e. The quantitative estimate of drug-likeness (QED) is 0.873. The number of hydrogen-bond donors (Lipinski definition) is 1. The molecular weight excluding hydrogens is 262 g/mol. The Bertz CT molecular complexity index is 636. The highest BCUT2D eigenvalue weighted by atomic mass is 16.5. The van der Waals surface area contributed by atoms with E-state index in [4.69, 9.17) is 15.2 Å². The Kier molecular flexibility index (Phi) is 3.50. The molecule has 3 rings (SSSR count). The molecule has 2 aromatic rings. The smallest absolute Gasteiger partial charge is 0.140 e. The molecule has 2 aromatic carbocycles. The third kappa shape index (κ3) is 3.13. The second-order valence-electron chi connectivity index (χ2n) is 6.02. The Morgan fingerprint density at radius 1 is 1.19 bits per heavy atom. The van der Waals surface area contributed by atoms with E-state index in [-0.39, 0.29) is 5.60 Å². The van der Waals surface area contributed by atoms with Gasteiger partial charge in [-0.2, -0.15) is 0 Å². The van der Waals surface area contributed by atoms with Crippen molar-refractivity contribution in [2.75, 3.05) is 12.3 Å². The fourth-order valence-corrected chi connectivity index (χ4v) is 2.58. The molecule has 1 unspecified atom stereocenters. The minimum atomic E-state index is -0.298. The third-order valence-corrected chi connectivity index (χ3v) is 3.93. The Hall–Kier alpha value is -2.16. The van der Waals surface area contributed by atoms with Gasteiger partial charge in [0.25, 0.3) is 0 Å². The van der Waals surface area contributed by atoms with Gasteiger partial charge in [0.2, 0.25) is 0 Å². The fraction of sp³-hybridized carbons (Fsp3) is 0.333. The highest BCUT2D eigenvalue weighted by Crippen LogP contribution is 2.34. The molecule has 0 fully saturated rings. The van der Waals surface area contributed by atoms with Crippen LogP contribution in [-0.2, 0) is 6.42 Å². The Labute approximate surface area is 125 Å². The molecule has 0 amide bonds. The monoisotopic (exact) mass is 283 g/mol. The lowest BCUT2D eigenvalue weighted by molar-refractivity contribution is 0.0176. The number of nitrogen functional groups attached to an aromatic ring is 1. The van der Waals surface area contributed by atoms with Crippen molar-refractivity contribution in [2.24, 2.45) is 0 Å². The van der Waals surface area contributed by atoms with E-state index in [1.54, 1.807) is 0 Å². The largest absolute Gasteiger partial charge is 0.489 e. The Morgan fingerprint density at radius 3 is 2.71 bits per heavy atom. The summed E-state index contributed by atoms with van der Waals surface area (Å²) >= 11 is 0. The van der Waals surface area contributed by atoms with Crippen LogP contribution < -0.4 is 15.2 Å². The Balaban J connectivity index is 1.68. The van der Waals surface area contributed by atoms with E-state index in [2.05, 4.69) is 26.0 Å². The van der Waals surface area contributed by atoms with Crippen molar-refractivity contribution in [1.29, 1.82) is 0 Å². The summed E-state index contributed by atoms with van der Waals surface area (Å²) in [7, 11) is 0. The van der Waals surface area contributed by atoms with Crippen molar-refractivity contribution in [2.45, 2.75) is 32.3 Å². The van der Waals surface area contributed by atoms with E-state index in [0.717, 1.165) is 30.0 Å². The van der Waals surface area contributed by atoms with Crippen molar-refractivity contribution in [3.05, 3.63) is 53.6 Å². The van der Waals surface area contributed by atoms with Gasteiger partial charge in [-0.05, 0) is 62.6 Å². The summed E-state index contributed by atoms with van der Waals surface area (Å²) in [5.74, 6) is 1.80. The van der Waals surface area contributed by atoms with Gasteiger partial charge in [-0.1, -0.05) is 17.7 Å². The van der Waals surface area contributed by atoms with Crippen LogP contribution in [0.4, 0.5) is 5.69 Å². The molecule has 0 saturated heterocycles. The van der Waals surface area contributed by atoms with Crippen LogP contribution in [0.15, 0.2) is 42.5 Å². The zero-order valence-corrected chi connectivity index (χ0v) is 12.6. The van der Waals surface area contributed by atoms with Gasteiger partial charge in [-0.15, -0.1) is 0 Å². The van der Waals surface area contributed by atoms with Gasteiger partial charge >= 0.3 is 0 Å². The van der Waals surface area contributed by atoms with E-state index in [0.29, 0.717) is 6.61 Å². The topological polar surface area (TPSA) is 44.5 Å². The highest BCUT2D eigenvalue weighted by Gasteiger charge is 2.32. The molecule has 110 valence electrons. The molecule has 1 atom stereocenters. The number of anilines is 1. The number of hydrogen-bond acceptors (Lipinski definition) is 3. The SMILES string of the molecule is Cc1ccc(OCC2(C)CCc3cc(N)ccc3O2)cc1. The van der Waals surface area contributed by atoms with Gasteiger partial charge in [0.15, 0.2) is 0 Å². The lowest BCUT2D eigenvalue weighted by Gasteiger charge is -2.35. The highest BCUT2D eigenvalue weighted by molar-refractivity contribution is 5.49. The van der Waals surface area contributed by atoms with Crippen LogP contribution in [0.25, 0.3) is 0 Å². The average molecular weight is 283 g/mol. The molecule has 0 bridgehead atoms. The summed E-state index contributed by atoms with van der Waals surface area (Å²) in [6.07, 6.45) is 1.89. The average Bonchev–Trinajstić information content (AvgIpc) is 2.47. The molecular formula is C18H21NO2. The second-order valence-corrected chi connectivity index (χ2v) is 6.02. The molecule has 21 heavy (non-hydrogen) atoms. The first-order chi connectivity index (χ1) is 10.0. The van der Waals surface area contributed by atoms with Crippen molar-refractivity contribution >= 4 is 5.69 Å². The summed E-state index contributed by atoms with van der Waals surface area (Å²) in [5.41, 5.74) is 8.72. The van der Waals surface area contributed by atoms with Gasteiger partial charge in [-0.25, -0.2) is 0 Å². The molecule has 3 heteroatoms. The van der Waals surface area contributed by atoms with E-state index >= 15 is 0 Å². The van der Waals surface area contributed by atoms with Crippen LogP contribution in [-0.4, -0.2) is 12.2 Å². The van der Waals surface area contributed by atoms with Crippen LogP contribution >= 0.6 is 0 Å². The first-order valence-electron chi connectivity index (χ1n) is 7.31. The maximum atomic E-state index is 6.14. The summed E-state index contributed by atoms with van der Waals surface area (Å²) in [4.78, 5) is 0. The Morgan fingerprint density at radius 2 is 1.95 bits per heavy atom. The van der Waals surface area contributed by atoms with E-state index in [9.17, 15) is 0 Å². The zero-order chi connectivity index (χ0) is 14.9. The molecule has 0 saturated carbocycles. The summed E-state index contributed by atoms with van der Waals surface area (Å²) in [6, 6.07) is 13.9. The molecule has 1 aliphatic heterocycles. The normalized spacial score (nSPS) is 20.5. The van der Waals surface area contributed by atoms with Crippen LogP contribution in [0.5, 0.6) is 11.5 Å². The van der Waals surface area contributed by atoms with Crippen molar-refractivity contribution < 1.29 is 9.47 Å². The van der Waals surface area contributed by atoms with Crippen LogP contribution in [0.1, 0.15) is 24.5 Å². The predicted octanol–water partition coefficient (Wildman–Crippen LogP) is 3.74. The molecule has 0 radical (unpaired) electrons. The van der Waals surface area contributed by atoms with E-state index in [1.165, 1.54) is 11.1 Å². The number of nitrogens with two attached hydrogens (primary N) is 1. The number of aryl methyl sites for hydroxylation is 2. The summed E-state index contributed by atoms with van der Waals surface area (Å²) in [5, 5.41) is 0. The molecule has 0 aliphatic carbocycles. The minimum Gasteiger partial charge on any atom is -0.489 e. The number of fused-ring (bicyclic) bond motifs is 1. The molecule has 1 heterocycles. The van der Waals surface area contributed by atoms with Crippen molar-refractivity contribution in [3.8, 4) is 11.5 Å². The zero-order valence-electron chi connectivity index (χ0n) is 12.6.